The first-order valence-corrected chi connectivity index (χ1v) is 14.6. The monoisotopic (exact) mass is 641 g/mol. The summed E-state index contributed by atoms with van der Waals surface area (Å²) < 4.78 is 14.7. The van der Waals surface area contributed by atoms with Crippen LogP contribution in [-0.4, -0.2) is 23.3 Å². The summed E-state index contributed by atoms with van der Waals surface area (Å²) in [5, 5.41) is 4.86. The van der Waals surface area contributed by atoms with Gasteiger partial charge in [0.15, 0.2) is 11.5 Å². The van der Waals surface area contributed by atoms with Crippen LogP contribution in [0.25, 0.3) is 16.9 Å². The molecule has 1 amide bonds. The third-order valence-electron chi connectivity index (χ3n) is 6.57. The number of amides is 1. The van der Waals surface area contributed by atoms with Crippen LogP contribution < -0.4 is 14.9 Å². The number of hydrazone groups is 1. The largest absolute Gasteiger partial charge is 0.490 e. The fourth-order valence-corrected chi connectivity index (χ4v) is 5.03. The van der Waals surface area contributed by atoms with Gasteiger partial charge in [-0.15, -0.1) is 0 Å². The summed E-state index contributed by atoms with van der Waals surface area (Å²) in [6.07, 6.45) is 1.57. The second-order valence-electron chi connectivity index (χ2n) is 9.48. The smallest absolute Gasteiger partial charge is 0.271 e. The summed E-state index contributed by atoms with van der Waals surface area (Å²) in [7, 11) is 0. The van der Waals surface area contributed by atoms with E-state index in [2.05, 4.69) is 62.2 Å². The Balaban J connectivity index is 1.26. The maximum Gasteiger partial charge on any atom is 0.271 e. The van der Waals surface area contributed by atoms with Crippen molar-refractivity contribution in [1.82, 2.24) is 9.99 Å². The van der Waals surface area contributed by atoms with Crippen LogP contribution in [0.1, 0.15) is 34.1 Å². The molecule has 0 radical (unpaired) electrons. The lowest BCUT2D eigenvalue weighted by Crippen LogP contribution is -2.17. The average molecular weight is 643 g/mol. The van der Waals surface area contributed by atoms with Gasteiger partial charge in [0.25, 0.3) is 5.91 Å². The van der Waals surface area contributed by atoms with Gasteiger partial charge in [-0.3, -0.25) is 4.79 Å². The molecule has 212 valence electrons. The van der Waals surface area contributed by atoms with Crippen LogP contribution in [-0.2, 0) is 6.61 Å². The van der Waals surface area contributed by atoms with Gasteiger partial charge in [0.05, 0.1) is 18.5 Å². The molecule has 0 aliphatic rings. The molecule has 0 unspecified atom stereocenters. The van der Waals surface area contributed by atoms with Crippen molar-refractivity contribution < 1.29 is 14.3 Å². The second-order valence-corrected chi connectivity index (χ2v) is 10.8. The van der Waals surface area contributed by atoms with Crippen LogP contribution in [0.2, 0.25) is 5.02 Å². The summed E-state index contributed by atoms with van der Waals surface area (Å²) >= 11 is 9.55. The standard InChI is InChI=1S/C34H29BrClN3O3/c1-3-41-32-19-27(30(35)20-33(32)42-22-24-10-14-28(36)15-11-24)21-37-38-34(40)26-12-16-29(17-13-26)39-23(2)9-18-31(39)25-7-5-4-6-8-25/h4-21H,3,22H2,1-2H3,(H,38,40)/b37-21+. The first-order chi connectivity index (χ1) is 20.4. The highest BCUT2D eigenvalue weighted by molar-refractivity contribution is 9.10. The van der Waals surface area contributed by atoms with E-state index in [1.54, 1.807) is 18.3 Å². The van der Waals surface area contributed by atoms with E-state index in [4.69, 9.17) is 21.1 Å². The molecule has 0 saturated heterocycles. The summed E-state index contributed by atoms with van der Waals surface area (Å²) in [4.78, 5) is 12.8. The highest BCUT2D eigenvalue weighted by Gasteiger charge is 2.13. The Morgan fingerprint density at radius 1 is 0.929 bits per heavy atom. The molecular formula is C34H29BrClN3O3. The van der Waals surface area contributed by atoms with Crippen LogP contribution >= 0.6 is 27.5 Å². The van der Waals surface area contributed by atoms with Crippen molar-refractivity contribution in [2.75, 3.05) is 6.61 Å². The lowest BCUT2D eigenvalue weighted by molar-refractivity contribution is 0.0955. The number of nitrogens with one attached hydrogen (secondary N) is 1. The van der Waals surface area contributed by atoms with Gasteiger partial charge >= 0.3 is 0 Å². The van der Waals surface area contributed by atoms with Crippen LogP contribution in [0, 0.1) is 6.92 Å². The Labute approximate surface area is 258 Å². The Morgan fingerprint density at radius 3 is 2.36 bits per heavy atom. The van der Waals surface area contributed by atoms with E-state index in [9.17, 15) is 4.79 Å². The maximum absolute atomic E-state index is 12.8. The van der Waals surface area contributed by atoms with E-state index in [0.717, 1.165) is 38.2 Å². The van der Waals surface area contributed by atoms with Gasteiger partial charge < -0.3 is 14.0 Å². The predicted octanol–water partition coefficient (Wildman–Crippen LogP) is 8.61. The number of hydrogen-bond donors (Lipinski definition) is 1. The Bertz CT molecular complexity index is 1700. The highest BCUT2D eigenvalue weighted by atomic mass is 79.9. The van der Waals surface area contributed by atoms with Crippen molar-refractivity contribution in [1.29, 1.82) is 0 Å². The topological polar surface area (TPSA) is 64.8 Å². The molecule has 1 N–H and O–H groups in total. The van der Waals surface area contributed by atoms with Gasteiger partial charge in [-0.05, 0) is 102 Å². The maximum atomic E-state index is 12.8. The van der Waals surface area contributed by atoms with Gasteiger partial charge in [-0.25, -0.2) is 5.43 Å². The number of carbonyl (C=O) groups excluding carboxylic acids is 1. The second kappa shape index (κ2) is 13.6. The van der Waals surface area contributed by atoms with Gasteiger partial charge in [-0.2, -0.15) is 5.10 Å². The van der Waals surface area contributed by atoms with Crippen LogP contribution in [0.5, 0.6) is 11.5 Å². The third-order valence-corrected chi connectivity index (χ3v) is 7.51. The normalized spacial score (nSPS) is 11.0. The molecule has 0 fully saturated rings. The molecule has 0 spiro atoms. The number of aromatic nitrogens is 1. The lowest BCUT2D eigenvalue weighted by Gasteiger charge is -2.14. The van der Waals surface area contributed by atoms with Crippen LogP contribution in [0.4, 0.5) is 0 Å². The lowest BCUT2D eigenvalue weighted by atomic mass is 10.1. The molecule has 0 aliphatic carbocycles. The predicted molar refractivity (Wildman–Crippen MR) is 172 cm³/mol. The van der Waals surface area contributed by atoms with E-state index < -0.39 is 0 Å². The van der Waals surface area contributed by atoms with Crippen molar-refractivity contribution in [3.63, 3.8) is 0 Å². The van der Waals surface area contributed by atoms with E-state index in [1.165, 1.54) is 0 Å². The summed E-state index contributed by atoms with van der Waals surface area (Å²) in [5.41, 5.74) is 9.13. The van der Waals surface area contributed by atoms with Gasteiger partial charge in [0.2, 0.25) is 0 Å². The van der Waals surface area contributed by atoms with Crippen LogP contribution in [0.15, 0.2) is 113 Å². The van der Waals surface area contributed by atoms with Crippen molar-refractivity contribution in [3.05, 3.63) is 135 Å². The molecule has 0 bridgehead atoms. The number of ether oxygens (including phenoxy) is 2. The number of aryl methyl sites for hydroxylation is 1. The summed E-state index contributed by atoms with van der Waals surface area (Å²) in [6, 6.07) is 33.0. The zero-order valence-electron chi connectivity index (χ0n) is 23.2. The third kappa shape index (κ3) is 6.93. The first kappa shape index (κ1) is 29.2. The van der Waals surface area contributed by atoms with E-state index in [-0.39, 0.29) is 5.91 Å². The summed E-state index contributed by atoms with van der Waals surface area (Å²) in [6.45, 7) is 4.81. The summed E-state index contributed by atoms with van der Waals surface area (Å²) in [5.74, 6) is 0.857. The van der Waals surface area contributed by atoms with Crippen molar-refractivity contribution in [3.8, 4) is 28.4 Å². The molecule has 4 aromatic carbocycles. The number of halogens is 2. The molecule has 5 aromatic rings. The van der Waals surface area contributed by atoms with Gasteiger partial charge in [0.1, 0.15) is 6.61 Å². The molecule has 8 heteroatoms. The molecule has 6 nitrogen and oxygen atoms in total. The quantitative estimate of drug-likeness (QED) is 0.123. The van der Waals surface area contributed by atoms with Gasteiger partial charge in [-0.1, -0.05) is 54.1 Å². The van der Waals surface area contributed by atoms with Gasteiger partial charge in [0, 0.05) is 32.0 Å². The molecule has 0 aliphatic heterocycles. The molecule has 1 heterocycles. The molecule has 1 aromatic heterocycles. The Morgan fingerprint density at radius 2 is 1.64 bits per heavy atom. The number of carbonyl (C=O) groups is 1. The molecule has 5 rings (SSSR count). The molecule has 0 atom stereocenters. The zero-order valence-corrected chi connectivity index (χ0v) is 25.5. The fraction of sp³-hybridized carbons (Fsp3) is 0.118. The number of nitrogens with zero attached hydrogens (tertiary/aromatic N) is 2. The molecular weight excluding hydrogens is 614 g/mol. The minimum Gasteiger partial charge on any atom is -0.490 e. The number of benzene rings is 4. The minimum absolute atomic E-state index is 0.311. The van der Waals surface area contributed by atoms with Crippen molar-refractivity contribution in [2.24, 2.45) is 5.10 Å². The number of hydrogen-bond acceptors (Lipinski definition) is 4. The minimum atomic E-state index is -0.311. The Hall–Kier alpha value is -4.33. The number of rotatable bonds is 10. The van der Waals surface area contributed by atoms with E-state index in [1.807, 2.05) is 73.7 Å². The van der Waals surface area contributed by atoms with E-state index in [0.29, 0.717) is 35.3 Å². The fourth-order valence-electron chi connectivity index (χ4n) is 4.48. The van der Waals surface area contributed by atoms with E-state index >= 15 is 0 Å². The Kier molecular flexibility index (Phi) is 9.41. The zero-order chi connectivity index (χ0) is 29.5. The highest BCUT2D eigenvalue weighted by Crippen LogP contribution is 2.34. The molecule has 42 heavy (non-hydrogen) atoms. The molecule has 0 saturated carbocycles. The first-order valence-electron chi connectivity index (χ1n) is 13.4. The van der Waals surface area contributed by atoms with Crippen molar-refractivity contribution >= 4 is 39.7 Å². The van der Waals surface area contributed by atoms with Crippen LogP contribution in [0.3, 0.4) is 0 Å². The van der Waals surface area contributed by atoms with Crippen molar-refractivity contribution in [2.45, 2.75) is 20.5 Å². The SMILES string of the molecule is CCOc1cc(/C=N/NC(=O)c2ccc(-n3c(C)ccc3-c3ccccc3)cc2)c(Br)cc1OCc1ccc(Cl)cc1. The average Bonchev–Trinajstić information content (AvgIpc) is 3.40.